The number of carbonyl (C=O) groups excluding carboxylic acids is 1. The maximum absolute atomic E-state index is 13.5. The monoisotopic (exact) mass is 454 g/mol. The number of piperazine rings is 1. The summed E-state index contributed by atoms with van der Waals surface area (Å²) in [7, 11) is -3.62. The molecule has 1 aliphatic rings. The normalized spacial score (nSPS) is 15.2. The van der Waals surface area contributed by atoms with Gasteiger partial charge in [-0.05, 0) is 35.4 Å². The third-order valence-corrected chi connectivity index (χ3v) is 7.68. The smallest absolute Gasteiger partial charge is 0.243 e. The molecule has 160 valence electrons. The molecule has 1 aliphatic heterocycles. The number of hydrogen-bond donors (Lipinski definition) is 0. The molecular weight excluding hydrogens is 432 g/mol. The van der Waals surface area contributed by atoms with Crippen molar-refractivity contribution >= 4 is 27.5 Å². The molecule has 0 N–H and O–H groups in total. The lowest BCUT2D eigenvalue weighted by molar-refractivity contribution is -0.133. The van der Waals surface area contributed by atoms with Gasteiger partial charge in [-0.3, -0.25) is 4.79 Å². The summed E-state index contributed by atoms with van der Waals surface area (Å²) >= 11 is 5.88. The Morgan fingerprint density at radius 3 is 1.71 bits per heavy atom. The molecule has 0 bridgehead atoms. The summed E-state index contributed by atoms with van der Waals surface area (Å²) in [6.07, 6.45) is 0. The zero-order chi connectivity index (χ0) is 21.8. The Labute approximate surface area is 187 Å². The zero-order valence-electron chi connectivity index (χ0n) is 16.9. The Morgan fingerprint density at radius 1 is 0.742 bits per heavy atom. The van der Waals surface area contributed by atoms with Crippen LogP contribution in [0.2, 0.25) is 5.02 Å². The van der Waals surface area contributed by atoms with Crippen LogP contribution in [0.25, 0.3) is 0 Å². The second-order valence-electron chi connectivity index (χ2n) is 7.44. The third kappa shape index (κ3) is 4.66. The Morgan fingerprint density at radius 2 is 1.23 bits per heavy atom. The Balaban J connectivity index is 1.52. The molecule has 3 aromatic carbocycles. The van der Waals surface area contributed by atoms with Crippen molar-refractivity contribution < 1.29 is 13.2 Å². The molecule has 0 unspecified atom stereocenters. The van der Waals surface area contributed by atoms with E-state index in [1.165, 1.54) is 16.4 Å². The van der Waals surface area contributed by atoms with Gasteiger partial charge in [0, 0.05) is 31.2 Å². The minimum atomic E-state index is -3.62. The first-order valence-electron chi connectivity index (χ1n) is 10.1. The second-order valence-corrected chi connectivity index (χ2v) is 9.81. The first-order chi connectivity index (χ1) is 15.0. The molecule has 0 aromatic heterocycles. The fourth-order valence-corrected chi connectivity index (χ4v) is 5.40. The molecule has 7 heteroatoms. The summed E-state index contributed by atoms with van der Waals surface area (Å²) in [6.45, 7) is 1.21. The van der Waals surface area contributed by atoms with Crippen LogP contribution in [0.15, 0.2) is 89.8 Å². The molecule has 1 amide bonds. The topological polar surface area (TPSA) is 57.7 Å². The fraction of sp³-hybridized carbons (Fsp3) is 0.208. The van der Waals surface area contributed by atoms with Gasteiger partial charge in [0.2, 0.25) is 15.9 Å². The lowest BCUT2D eigenvalue weighted by Crippen LogP contribution is -2.51. The number of nitrogens with zero attached hydrogens (tertiary/aromatic N) is 2. The van der Waals surface area contributed by atoms with Crippen molar-refractivity contribution in [3.05, 3.63) is 101 Å². The molecule has 0 spiro atoms. The SMILES string of the molecule is O=C(C(c1ccccc1)c1ccccc1)N1CCN(S(=O)(=O)c2ccc(Cl)cc2)CC1. The van der Waals surface area contributed by atoms with Crippen LogP contribution in [-0.4, -0.2) is 49.7 Å². The van der Waals surface area contributed by atoms with E-state index in [4.69, 9.17) is 11.6 Å². The summed E-state index contributed by atoms with van der Waals surface area (Å²) in [5.74, 6) is -0.428. The quantitative estimate of drug-likeness (QED) is 0.585. The third-order valence-electron chi connectivity index (χ3n) is 5.51. The number of halogens is 1. The van der Waals surface area contributed by atoms with Crippen LogP contribution >= 0.6 is 11.6 Å². The van der Waals surface area contributed by atoms with Gasteiger partial charge in [-0.1, -0.05) is 72.3 Å². The predicted octanol–water partition coefficient (Wildman–Crippen LogP) is 4.01. The first-order valence-corrected chi connectivity index (χ1v) is 11.9. The van der Waals surface area contributed by atoms with Crippen LogP contribution in [0.5, 0.6) is 0 Å². The molecule has 3 aromatic rings. The standard InChI is InChI=1S/C24H23ClN2O3S/c25-21-11-13-22(14-12-21)31(29,30)27-17-15-26(16-18-27)24(28)23(19-7-3-1-4-8-19)20-9-5-2-6-10-20/h1-14,23H,15-18H2. The van der Waals surface area contributed by atoms with Crippen LogP contribution in [0.4, 0.5) is 0 Å². The highest BCUT2D eigenvalue weighted by atomic mass is 35.5. The highest BCUT2D eigenvalue weighted by Crippen LogP contribution is 2.28. The molecule has 5 nitrogen and oxygen atoms in total. The lowest BCUT2D eigenvalue weighted by atomic mass is 9.90. The average molecular weight is 455 g/mol. The zero-order valence-corrected chi connectivity index (χ0v) is 18.5. The van der Waals surface area contributed by atoms with Crippen molar-refractivity contribution in [3.8, 4) is 0 Å². The van der Waals surface area contributed by atoms with Crippen molar-refractivity contribution in [2.75, 3.05) is 26.2 Å². The second kappa shape index (κ2) is 9.22. The largest absolute Gasteiger partial charge is 0.339 e. The van der Waals surface area contributed by atoms with E-state index in [0.29, 0.717) is 18.1 Å². The summed E-state index contributed by atoms with van der Waals surface area (Å²) < 4.78 is 27.3. The van der Waals surface area contributed by atoms with Crippen LogP contribution in [0.3, 0.4) is 0 Å². The molecule has 1 saturated heterocycles. The Hall–Kier alpha value is -2.67. The van der Waals surface area contributed by atoms with E-state index in [0.717, 1.165) is 11.1 Å². The number of rotatable bonds is 5. The predicted molar refractivity (Wildman–Crippen MR) is 122 cm³/mol. The van der Waals surface area contributed by atoms with E-state index in [2.05, 4.69) is 0 Å². The summed E-state index contributed by atoms with van der Waals surface area (Å²) in [5.41, 5.74) is 1.85. The van der Waals surface area contributed by atoms with Crippen molar-refractivity contribution in [1.29, 1.82) is 0 Å². The van der Waals surface area contributed by atoms with Crippen LogP contribution < -0.4 is 0 Å². The average Bonchev–Trinajstić information content (AvgIpc) is 2.81. The fourth-order valence-electron chi connectivity index (χ4n) is 3.86. The van der Waals surface area contributed by atoms with Crippen molar-refractivity contribution in [1.82, 2.24) is 9.21 Å². The van der Waals surface area contributed by atoms with Crippen LogP contribution in [0, 0.1) is 0 Å². The van der Waals surface area contributed by atoms with Crippen molar-refractivity contribution in [2.24, 2.45) is 0 Å². The van der Waals surface area contributed by atoms with E-state index < -0.39 is 15.9 Å². The van der Waals surface area contributed by atoms with E-state index in [1.807, 2.05) is 60.7 Å². The first kappa shape index (κ1) is 21.6. The van der Waals surface area contributed by atoms with Gasteiger partial charge in [0.15, 0.2) is 0 Å². The van der Waals surface area contributed by atoms with Gasteiger partial charge in [-0.15, -0.1) is 0 Å². The van der Waals surface area contributed by atoms with Gasteiger partial charge in [-0.25, -0.2) is 8.42 Å². The molecule has 4 rings (SSSR count). The number of benzene rings is 3. The molecular formula is C24H23ClN2O3S. The van der Waals surface area contributed by atoms with Gasteiger partial charge in [0.25, 0.3) is 0 Å². The maximum atomic E-state index is 13.5. The number of amides is 1. The highest BCUT2D eigenvalue weighted by molar-refractivity contribution is 7.89. The van der Waals surface area contributed by atoms with Crippen molar-refractivity contribution in [2.45, 2.75) is 10.8 Å². The lowest BCUT2D eigenvalue weighted by Gasteiger charge is -2.36. The van der Waals surface area contributed by atoms with Crippen LogP contribution in [-0.2, 0) is 14.8 Å². The molecule has 31 heavy (non-hydrogen) atoms. The van der Waals surface area contributed by atoms with Gasteiger partial charge < -0.3 is 4.90 Å². The summed E-state index contributed by atoms with van der Waals surface area (Å²) in [5, 5.41) is 0.488. The van der Waals surface area contributed by atoms with Gasteiger partial charge in [0.05, 0.1) is 10.8 Å². The van der Waals surface area contributed by atoms with E-state index >= 15 is 0 Å². The van der Waals surface area contributed by atoms with E-state index in [-0.39, 0.29) is 23.9 Å². The Bertz CT molecular complexity index is 1090. The van der Waals surface area contributed by atoms with Crippen molar-refractivity contribution in [3.63, 3.8) is 0 Å². The number of carbonyl (C=O) groups is 1. The maximum Gasteiger partial charge on any atom is 0.243 e. The minimum Gasteiger partial charge on any atom is -0.339 e. The molecule has 1 fully saturated rings. The molecule has 1 heterocycles. The highest BCUT2D eigenvalue weighted by Gasteiger charge is 2.33. The summed E-state index contributed by atoms with van der Waals surface area (Å²) in [6, 6.07) is 25.5. The number of hydrogen-bond acceptors (Lipinski definition) is 3. The van der Waals surface area contributed by atoms with Crippen LogP contribution in [0.1, 0.15) is 17.0 Å². The van der Waals surface area contributed by atoms with Gasteiger partial charge in [-0.2, -0.15) is 4.31 Å². The van der Waals surface area contributed by atoms with E-state index in [1.54, 1.807) is 17.0 Å². The molecule has 0 aliphatic carbocycles. The molecule has 0 atom stereocenters. The van der Waals surface area contributed by atoms with Gasteiger partial charge in [0.1, 0.15) is 0 Å². The van der Waals surface area contributed by atoms with Gasteiger partial charge >= 0.3 is 0 Å². The minimum absolute atomic E-state index is 0.0130. The van der Waals surface area contributed by atoms with E-state index in [9.17, 15) is 13.2 Å². The molecule has 0 saturated carbocycles. The summed E-state index contributed by atoms with van der Waals surface area (Å²) in [4.78, 5) is 15.5. The Kier molecular flexibility index (Phi) is 6.41. The number of sulfonamides is 1. The molecule has 0 radical (unpaired) electrons.